The Morgan fingerprint density at radius 2 is 2.07 bits per heavy atom. The van der Waals surface area contributed by atoms with Crippen molar-refractivity contribution in [2.45, 2.75) is 5.09 Å². The van der Waals surface area contributed by atoms with Gasteiger partial charge in [0.25, 0.3) is 10.0 Å². The van der Waals surface area contributed by atoms with E-state index in [0.29, 0.717) is 16.0 Å². The number of furan rings is 1. The van der Waals surface area contributed by atoms with Crippen molar-refractivity contribution in [3.63, 3.8) is 0 Å². The van der Waals surface area contributed by atoms with Crippen molar-refractivity contribution in [2.75, 3.05) is 0 Å². The van der Waals surface area contributed by atoms with E-state index in [1.807, 2.05) is 0 Å². The Morgan fingerprint density at radius 1 is 1.36 bits per heavy atom. The van der Waals surface area contributed by atoms with Crippen molar-refractivity contribution in [3.8, 4) is 0 Å². The molecule has 0 unspecified atom stereocenters. The zero-order valence-electron chi connectivity index (χ0n) is 6.90. The molecule has 4 nitrogen and oxygen atoms in total. The number of rotatable bonds is 1. The quantitative estimate of drug-likeness (QED) is 0.812. The van der Waals surface area contributed by atoms with E-state index in [9.17, 15) is 8.42 Å². The summed E-state index contributed by atoms with van der Waals surface area (Å²) in [4.78, 5) is 0. The van der Waals surface area contributed by atoms with Crippen LogP contribution in [0.4, 0.5) is 0 Å². The summed E-state index contributed by atoms with van der Waals surface area (Å²) in [5, 5.41) is 5.60. The summed E-state index contributed by atoms with van der Waals surface area (Å²) in [6.45, 7) is 0. The van der Waals surface area contributed by atoms with Crippen LogP contribution in [0.1, 0.15) is 0 Å². The third-order valence-corrected chi connectivity index (χ3v) is 2.81. The minimum absolute atomic E-state index is 0.277. The van der Waals surface area contributed by atoms with E-state index in [2.05, 4.69) is 0 Å². The molecule has 1 heterocycles. The lowest BCUT2D eigenvalue weighted by Gasteiger charge is -1.90. The lowest BCUT2D eigenvalue weighted by Crippen LogP contribution is -2.10. The van der Waals surface area contributed by atoms with Gasteiger partial charge in [-0.2, -0.15) is 0 Å². The summed E-state index contributed by atoms with van der Waals surface area (Å²) in [5.41, 5.74) is 0.332. The van der Waals surface area contributed by atoms with Crippen molar-refractivity contribution in [2.24, 2.45) is 5.14 Å². The molecule has 1 aromatic carbocycles. The number of hydrogen-bond donors (Lipinski definition) is 1. The van der Waals surface area contributed by atoms with Crippen LogP contribution in [0.25, 0.3) is 11.0 Å². The maximum absolute atomic E-state index is 11.0. The molecule has 0 spiro atoms. The fraction of sp³-hybridized carbons (Fsp3) is 0. The monoisotopic (exact) mass is 231 g/mol. The normalized spacial score (nSPS) is 12.1. The van der Waals surface area contributed by atoms with Crippen LogP contribution in [0.2, 0.25) is 5.02 Å². The van der Waals surface area contributed by atoms with E-state index in [1.165, 1.54) is 6.07 Å². The highest BCUT2D eigenvalue weighted by Crippen LogP contribution is 2.27. The summed E-state index contributed by atoms with van der Waals surface area (Å²) in [7, 11) is -3.81. The predicted molar refractivity (Wildman–Crippen MR) is 52.6 cm³/mol. The molecule has 2 rings (SSSR count). The van der Waals surface area contributed by atoms with Crippen LogP contribution >= 0.6 is 11.6 Å². The molecule has 0 amide bonds. The maximum Gasteiger partial charge on any atom is 0.271 e. The van der Waals surface area contributed by atoms with Crippen LogP contribution in [0.15, 0.2) is 33.8 Å². The van der Waals surface area contributed by atoms with Crippen molar-refractivity contribution >= 4 is 32.6 Å². The number of hydrogen-bond acceptors (Lipinski definition) is 3. The fourth-order valence-electron chi connectivity index (χ4n) is 1.14. The van der Waals surface area contributed by atoms with Gasteiger partial charge >= 0.3 is 0 Å². The van der Waals surface area contributed by atoms with Gasteiger partial charge in [-0.05, 0) is 6.07 Å². The first-order valence-corrected chi connectivity index (χ1v) is 5.62. The van der Waals surface area contributed by atoms with Gasteiger partial charge in [0.05, 0.1) is 5.02 Å². The molecule has 0 atom stereocenters. The van der Waals surface area contributed by atoms with E-state index in [1.54, 1.807) is 18.2 Å². The van der Waals surface area contributed by atoms with Gasteiger partial charge < -0.3 is 4.42 Å². The molecule has 14 heavy (non-hydrogen) atoms. The number of nitrogens with two attached hydrogens (primary N) is 1. The van der Waals surface area contributed by atoms with Crippen molar-refractivity contribution in [3.05, 3.63) is 29.3 Å². The molecule has 0 saturated heterocycles. The minimum atomic E-state index is -3.81. The van der Waals surface area contributed by atoms with Gasteiger partial charge in [0.2, 0.25) is 5.09 Å². The number of para-hydroxylation sites is 1. The molecular formula is C8H6ClNO3S. The second kappa shape index (κ2) is 2.98. The lowest BCUT2D eigenvalue weighted by molar-refractivity contribution is 0.482. The summed E-state index contributed by atoms with van der Waals surface area (Å²) in [6, 6.07) is 6.35. The molecule has 0 aliphatic carbocycles. The SMILES string of the molecule is NS(=O)(=O)c1cc2cccc(Cl)c2o1. The first kappa shape index (κ1) is 9.51. The summed E-state index contributed by atoms with van der Waals surface area (Å²) >= 11 is 5.79. The molecule has 2 N–H and O–H groups in total. The molecule has 0 saturated carbocycles. The first-order valence-electron chi connectivity index (χ1n) is 3.69. The molecule has 6 heteroatoms. The highest BCUT2D eigenvalue weighted by atomic mass is 35.5. The Balaban J connectivity index is 2.81. The smallest absolute Gasteiger partial charge is 0.271 e. The zero-order valence-corrected chi connectivity index (χ0v) is 8.47. The number of benzene rings is 1. The Kier molecular flexibility index (Phi) is 2.02. The number of halogens is 1. The van der Waals surface area contributed by atoms with E-state index in [4.69, 9.17) is 21.2 Å². The molecule has 1 aromatic heterocycles. The maximum atomic E-state index is 11.0. The highest BCUT2D eigenvalue weighted by Gasteiger charge is 2.15. The fourth-order valence-corrected chi connectivity index (χ4v) is 1.86. The summed E-state index contributed by atoms with van der Waals surface area (Å²) < 4.78 is 26.9. The average Bonchev–Trinajstić information content (AvgIpc) is 2.48. The molecule has 2 aromatic rings. The standard InChI is InChI=1S/C8H6ClNO3S/c9-6-3-1-2-5-4-7(13-8(5)6)14(10,11)12/h1-4H,(H2,10,11,12). The third kappa shape index (κ3) is 1.50. The Morgan fingerprint density at radius 3 is 2.64 bits per heavy atom. The summed E-state index contributed by atoms with van der Waals surface area (Å²) in [5.74, 6) is 0. The van der Waals surface area contributed by atoms with Crippen molar-refractivity contribution < 1.29 is 12.8 Å². The van der Waals surface area contributed by atoms with Crippen LogP contribution in [0.3, 0.4) is 0 Å². The molecule has 0 fully saturated rings. The zero-order chi connectivity index (χ0) is 10.3. The van der Waals surface area contributed by atoms with Gasteiger partial charge in [0.1, 0.15) is 0 Å². The molecule has 0 radical (unpaired) electrons. The van der Waals surface area contributed by atoms with E-state index in [-0.39, 0.29) is 5.09 Å². The Hall–Kier alpha value is -1.04. The third-order valence-electron chi connectivity index (χ3n) is 1.75. The van der Waals surface area contributed by atoms with Crippen LogP contribution < -0.4 is 5.14 Å². The second-order valence-electron chi connectivity index (χ2n) is 2.77. The molecule has 74 valence electrons. The second-order valence-corrected chi connectivity index (χ2v) is 4.67. The van der Waals surface area contributed by atoms with Gasteiger partial charge in [-0.3, -0.25) is 0 Å². The van der Waals surface area contributed by atoms with Crippen LogP contribution in [0.5, 0.6) is 0 Å². The molecule has 0 bridgehead atoms. The average molecular weight is 232 g/mol. The van der Waals surface area contributed by atoms with Crippen molar-refractivity contribution in [1.82, 2.24) is 0 Å². The molecular weight excluding hydrogens is 226 g/mol. The summed E-state index contributed by atoms with van der Waals surface area (Å²) in [6.07, 6.45) is 0. The highest BCUT2D eigenvalue weighted by molar-refractivity contribution is 7.89. The van der Waals surface area contributed by atoms with Gasteiger partial charge in [-0.25, -0.2) is 13.6 Å². The molecule has 0 aliphatic heterocycles. The number of primary sulfonamides is 1. The van der Waals surface area contributed by atoms with Crippen molar-refractivity contribution in [1.29, 1.82) is 0 Å². The van der Waals surface area contributed by atoms with Gasteiger partial charge in [-0.15, -0.1) is 0 Å². The first-order chi connectivity index (χ1) is 6.48. The van der Waals surface area contributed by atoms with E-state index in [0.717, 1.165) is 0 Å². The van der Waals surface area contributed by atoms with Crippen LogP contribution in [-0.2, 0) is 10.0 Å². The Labute approximate surface area is 85.3 Å². The lowest BCUT2D eigenvalue weighted by atomic mass is 10.3. The van der Waals surface area contributed by atoms with E-state index >= 15 is 0 Å². The van der Waals surface area contributed by atoms with Gasteiger partial charge in [0.15, 0.2) is 5.58 Å². The van der Waals surface area contributed by atoms with Crippen LogP contribution in [0, 0.1) is 0 Å². The van der Waals surface area contributed by atoms with Gasteiger partial charge in [-0.1, -0.05) is 23.7 Å². The number of fused-ring (bicyclic) bond motifs is 1. The predicted octanol–water partition coefficient (Wildman–Crippen LogP) is 1.73. The molecule has 0 aliphatic rings. The van der Waals surface area contributed by atoms with E-state index < -0.39 is 10.0 Å². The van der Waals surface area contributed by atoms with Crippen LogP contribution in [-0.4, -0.2) is 8.42 Å². The largest absolute Gasteiger partial charge is 0.442 e. The Bertz CT molecular complexity index is 588. The minimum Gasteiger partial charge on any atom is -0.442 e. The number of sulfonamides is 1. The van der Waals surface area contributed by atoms with Gasteiger partial charge in [0, 0.05) is 11.5 Å². The topological polar surface area (TPSA) is 73.3 Å².